The molecule has 0 saturated heterocycles. The molecular formula is C12H19N3OS. The summed E-state index contributed by atoms with van der Waals surface area (Å²) >= 11 is 1.59. The molecule has 0 aliphatic rings. The molecule has 2 aromatic rings. The Labute approximate surface area is 106 Å². The van der Waals surface area contributed by atoms with Crippen LogP contribution in [-0.2, 0) is 6.61 Å². The first-order chi connectivity index (χ1) is 8.01. The van der Waals surface area contributed by atoms with Crippen molar-refractivity contribution in [1.82, 2.24) is 9.38 Å². The molecule has 2 rings (SSSR count). The molecule has 0 radical (unpaired) electrons. The second kappa shape index (κ2) is 4.31. The number of imidazole rings is 1. The maximum atomic E-state index is 9.53. The Balaban J connectivity index is 2.51. The number of rotatable bonds is 4. The molecule has 0 unspecified atom stereocenters. The number of aliphatic hydroxyl groups excluding tert-OH is 1. The molecular weight excluding hydrogens is 234 g/mol. The van der Waals surface area contributed by atoms with Gasteiger partial charge in [-0.2, -0.15) is 0 Å². The van der Waals surface area contributed by atoms with Gasteiger partial charge in [0.2, 0.25) is 0 Å². The number of anilines is 1. The van der Waals surface area contributed by atoms with Crippen LogP contribution in [0.2, 0.25) is 0 Å². The number of hydrogen-bond acceptors (Lipinski definition) is 4. The first-order valence-electron chi connectivity index (χ1n) is 5.80. The van der Waals surface area contributed by atoms with Crippen LogP contribution in [0.4, 0.5) is 5.82 Å². The van der Waals surface area contributed by atoms with Gasteiger partial charge in [0.05, 0.1) is 12.3 Å². The zero-order chi connectivity index (χ0) is 12.6. The highest BCUT2D eigenvalue weighted by Crippen LogP contribution is 2.29. The van der Waals surface area contributed by atoms with Crippen molar-refractivity contribution in [3.63, 3.8) is 0 Å². The molecule has 0 spiro atoms. The molecule has 0 fully saturated rings. The van der Waals surface area contributed by atoms with E-state index in [2.05, 4.69) is 30.7 Å². The van der Waals surface area contributed by atoms with Gasteiger partial charge in [0.15, 0.2) is 10.8 Å². The molecule has 2 heterocycles. The minimum Gasteiger partial charge on any atom is -0.390 e. The van der Waals surface area contributed by atoms with E-state index in [1.54, 1.807) is 11.3 Å². The van der Waals surface area contributed by atoms with Gasteiger partial charge in [-0.25, -0.2) is 4.98 Å². The molecule has 0 amide bonds. The Kier molecular flexibility index (Phi) is 3.14. The van der Waals surface area contributed by atoms with E-state index in [0.29, 0.717) is 0 Å². The highest BCUT2D eigenvalue weighted by Gasteiger charge is 2.26. The fourth-order valence-electron chi connectivity index (χ4n) is 1.76. The number of thiazole rings is 1. The largest absolute Gasteiger partial charge is 0.390 e. The molecule has 17 heavy (non-hydrogen) atoms. The smallest absolute Gasteiger partial charge is 0.195 e. The monoisotopic (exact) mass is 253 g/mol. The summed E-state index contributed by atoms with van der Waals surface area (Å²) < 4.78 is 1.96. The first kappa shape index (κ1) is 12.4. The summed E-state index contributed by atoms with van der Waals surface area (Å²) in [5.41, 5.74) is 0.902. The van der Waals surface area contributed by atoms with E-state index in [9.17, 15) is 5.11 Å². The second-order valence-electron chi connectivity index (χ2n) is 4.82. The van der Waals surface area contributed by atoms with E-state index in [4.69, 9.17) is 0 Å². The van der Waals surface area contributed by atoms with Gasteiger partial charge >= 0.3 is 0 Å². The fourth-order valence-corrected chi connectivity index (χ4v) is 2.49. The lowest BCUT2D eigenvalue weighted by atomic mass is 10.00. The zero-order valence-corrected chi connectivity index (χ0v) is 11.6. The predicted molar refractivity (Wildman–Crippen MR) is 71.8 cm³/mol. The van der Waals surface area contributed by atoms with E-state index in [-0.39, 0.29) is 12.1 Å². The van der Waals surface area contributed by atoms with Crippen LogP contribution in [0.3, 0.4) is 0 Å². The van der Waals surface area contributed by atoms with E-state index in [1.807, 2.05) is 23.0 Å². The molecule has 0 saturated carbocycles. The number of fused-ring (bicyclic) bond motifs is 1. The van der Waals surface area contributed by atoms with Crippen LogP contribution in [0.5, 0.6) is 0 Å². The molecule has 0 aliphatic heterocycles. The van der Waals surface area contributed by atoms with Crippen molar-refractivity contribution in [1.29, 1.82) is 0 Å². The lowest BCUT2D eigenvalue weighted by Crippen LogP contribution is -2.41. The average Bonchev–Trinajstić information content (AvgIpc) is 2.87. The lowest BCUT2D eigenvalue weighted by molar-refractivity contribution is 0.275. The maximum Gasteiger partial charge on any atom is 0.195 e. The Morgan fingerprint density at radius 3 is 2.82 bits per heavy atom. The predicted octanol–water partition coefficient (Wildman–Crippen LogP) is 2.51. The summed E-state index contributed by atoms with van der Waals surface area (Å²) in [6, 6.07) is 0. The molecule has 2 aromatic heterocycles. The number of nitrogens with zero attached hydrogens (tertiary/aromatic N) is 3. The number of aliphatic hydroxyl groups is 1. The minimum absolute atomic E-state index is 0.0113. The summed E-state index contributed by atoms with van der Waals surface area (Å²) in [7, 11) is 2.04. The van der Waals surface area contributed by atoms with Crippen molar-refractivity contribution in [2.24, 2.45) is 0 Å². The molecule has 0 bridgehead atoms. The summed E-state index contributed by atoms with van der Waals surface area (Å²) in [6.45, 7) is 6.54. The van der Waals surface area contributed by atoms with Crippen molar-refractivity contribution in [3.05, 3.63) is 17.3 Å². The van der Waals surface area contributed by atoms with E-state index < -0.39 is 0 Å². The van der Waals surface area contributed by atoms with Crippen LogP contribution >= 0.6 is 11.3 Å². The van der Waals surface area contributed by atoms with E-state index in [0.717, 1.165) is 22.9 Å². The van der Waals surface area contributed by atoms with E-state index in [1.165, 1.54) is 0 Å². The van der Waals surface area contributed by atoms with Gasteiger partial charge in [-0.15, -0.1) is 11.3 Å². The van der Waals surface area contributed by atoms with Crippen molar-refractivity contribution in [2.75, 3.05) is 11.9 Å². The molecule has 0 aliphatic carbocycles. The highest BCUT2D eigenvalue weighted by molar-refractivity contribution is 7.15. The second-order valence-corrected chi connectivity index (χ2v) is 5.69. The van der Waals surface area contributed by atoms with Gasteiger partial charge in [0.1, 0.15) is 0 Å². The summed E-state index contributed by atoms with van der Waals surface area (Å²) in [5.74, 6) is 0.881. The van der Waals surface area contributed by atoms with Crippen LogP contribution < -0.4 is 4.90 Å². The van der Waals surface area contributed by atoms with Crippen LogP contribution in [0, 0.1) is 0 Å². The van der Waals surface area contributed by atoms with Crippen molar-refractivity contribution >= 4 is 22.1 Å². The third-order valence-electron chi connectivity index (χ3n) is 3.58. The normalized spacial score (nSPS) is 12.3. The van der Waals surface area contributed by atoms with Crippen LogP contribution in [0.15, 0.2) is 11.6 Å². The molecule has 0 atom stereocenters. The number of aromatic nitrogens is 2. The van der Waals surface area contributed by atoms with Gasteiger partial charge in [-0.05, 0) is 20.3 Å². The van der Waals surface area contributed by atoms with Crippen molar-refractivity contribution in [3.8, 4) is 0 Å². The molecule has 5 heteroatoms. The zero-order valence-electron chi connectivity index (χ0n) is 10.8. The van der Waals surface area contributed by atoms with Crippen LogP contribution in [-0.4, -0.2) is 27.1 Å². The van der Waals surface area contributed by atoms with Crippen LogP contribution in [0.25, 0.3) is 4.96 Å². The lowest BCUT2D eigenvalue weighted by Gasteiger charge is -2.35. The topological polar surface area (TPSA) is 40.8 Å². The number of hydrogen-bond donors (Lipinski definition) is 1. The van der Waals surface area contributed by atoms with Crippen molar-refractivity contribution in [2.45, 2.75) is 39.3 Å². The highest BCUT2D eigenvalue weighted by atomic mass is 32.1. The third-order valence-corrected chi connectivity index (χ3v) is 4.34. The summed E-state index contributed by atoms with van der Waals surface area (Å²) in [5, 5.41) is 11.5. The first-order valence-corrected chi connectivity index (χ1v) is 6.68. The maximum absolute atomic E-state index is 9.53. The Morgan fingerprint density at radius 2 is 2.24 bits per heavy atom. The third kappa shape index (κ3) is 1.93. The standard InChI is InChI=1S/C12H19N3OS/c1-5-12(2,3)14(4)10-9(8-16)15-6-7-17-11(15)13-10/h6-7,16H,5,8H2,1-4H3. The quantitative estimate of drug-likeness (QED) is 0.910. The minimum atomic E-state index is 0.0113. The molecule has 94 valence electrons. The SMILES string of the molecule is CCC(C)(C)N(C)c1nc2sccn2c1CO. The summed E-state index contributed by atoms with van der Waals surface area (Å²) in [6.07, 6.45) is 2.98. The Hall–Kier alpha value is -1.07. The Bertz CT molecular complexity index is 515. The Morgan fingerprint density at radius 1 is 1.53 bits per heavy atom. The van der Waals surface area contributed by atoms with Gasteiger partial charge in [-0.1, -0.05) is 6.92 Å². The van der Waals surface area contributed by atoms with Gasteiger partial charge < -0.3 is 10.0 Å². The van der Waals surface area contributed by atoms with Gasteiger partial charge in [0.25, 0.3) is 0 Å². The molecule has 4 nitrogen and oxygen atoms in total. The molecule has 1 N–H and O–H groups in total. The average molecular weight is 253 g/mol. The molecule has 0 aromatic carbocycles. The van der Waals surface area contributed by atoms with Gasteiger partial charge in [0, 0.05) is 24.2 Å². The summed E-state index contributed by atoms with van der Waals surface area (Å²) in [4.78, 5) is 7.69. The fraction of sp³-hybridized carbons (Fsp3) is 0.583. The van der Waals surface area contributed by atoms with E-state index >= 15 is 0 Å². The van der Waals surface area contributed by atoms with Crippen LogP contribution in [0.1, 0.15) is 32.9 Å². The van der Waals surface area contributed by atoms with Gasteiger partial charge in [-0.3, -0.25) is 4.40 Å². The van der Waals surface area contributed by atoms with Crippen molar-refractivity contribution < 1.29 is 5.11 Å².